The first-order valence-corrected chi connectivity index (χ1v) is 12.6. The van der Waals surface area contributed by atoms with Crippen molar-refractivity contribution in [1.82, 2.24) is 4.72 Å². The number of carbonyl (C=O) groups excluding carboxylic acids is 2. The van der Waals surface area contributed by atoms with E-state index in [1.54, 1.807) is 18.0 Å². The maximum atomic E-state index is 12.5. The predicted octanol–water partition coefficient (Wildman–Crippen LogP) is 4.43. The third-order valence-corrected chi connectivity index (χ3v) is 7.32. The Bertz CT molecular complexity index is 1440. The molecule has 3 aromatic rings. The molecule has 11 heteroatoms. The van der Waals surface area contributed by atoms with Crippen LogP contribution in [0.1, 0.15) is 28.4 Å². The standard InChI is InChI=1S/C24H19Cl2N3O5S/c1-15(30)29-11-10-18-12-16(2-8-22(18)29)14-27-34-20-6-3-17(4-7-20)24(31)28-35(32,33)23-9-5-19(25)13-21(23)26/h2-9,12-14H,10-11H2,1H3,(H,28,31)/b27-14+. The summed E-state index contributed by atoms with van der Waals surface area (Å²) in [5.41, 5.74) is 2.89. The van der Waals surface area contributed by atoms with Crippen molar-refractivity contribution in [2.45, 2.75) is 18.2 Å². The predicted molar refractivity (Wildman–Crippen MR) is 134 cm³/mol. The summed E-state index contributed by atoms with van der Waals surface area (Å²) < 4.78 is 27.0. The maximum absolute atomic E-state index is 12.5. The summed E-state index contributed by atoms with van der Waals surface area (Å²) in [7, 11) is -4.19. The van der Waals surface area contributed by atoms with Gasteiger partial charge in [0.2, 0.25) is 5.91 Å². The van der Waals surface area contributed by atoms with Gasteiger partial charge >= 0.3 is 0 Å². The Balaban J connectivity index is 1.38. The van der Waals surface area contributed by atoms with Gasteiger partial charge < -0.3 is 9.74 Å². The monoisotopic (exact) mass is 531 g/mol. The molecular formula is C24H19Cl2N3O5S. The van der Waals surface area contributed by atoms with Crippen LogP contribution in [-0.4, -0.2) is 33.0 Å². The first-order valence-electron chi connectivity index (χ1n) is 10.4. The van der Waals surface area contributed by atoms with Gasteiger partial charge in [-0.25, -0.2) is 13.1 Å². The Morgan fingerprint density at radius 3 is 2.49 bits per heavy atom. The van der Waals surface area contributed by atoms with Crippen LogP contribution in [0.15, 0.2) is 70.7 Å². The second-order valence-corrected chi connectivity index (χ2v) is 10.2. The molecule has 0 spiro atoms. The third-order valence-electron chi connectivity index (χ3n) is 5.27. The lowest BCUT2D eigenvalue weighted by molar-refractivity contribution is -0.116. The van der Waals surface area contributed by atoms with Crippen LogP contribution in [0.5, 0.6) is 5.75 Å². The molecular weight excluding hydrogens is 513 g/mol. The van der Waals surface area contributed by atoms with Crippen LogP contribution in [0.3, 0.4) is 0 Å². The van der Waals surface area contributed by atoms with Crippen LogP contribution in [0.25, 0.3) is 0 Å². The molecule has 1 N–H and O–H groups in total. The lowest BCUT2D eigenvalue weighted by atomic mass is 10.1. The lowest BCUT2D eigenvalue weighted by Gasteiger charge is -2.14. The van der Waals surface area contributed by atoms with Gasteiger partial charge in [0.1, 0.15) is 4.90 Å². The molecule has 0 radical (unpaired) electrons. The fraction of sp³-hybridized carbons (Fsp3) is 0.125. The zero-order valence-corrected chi connectivity index (χ0v) is 20.7. The highest BCUT2D eigenvalue weighted by molar-refractivity contribution is 7.90. The van der Waals surface area contributed by atoms with Crippen LogP contribution in [0, 0.1) is 0 Å². The number of anilines is 1. The quantitative estimate of drug-likeness (QED) is 0.374. The highest BCUT2D eigenvalue weighted by atomic mass is 35.5. The summed E-state index contributed by atoms with van der Waals surface area (Å²) in [4.78, 5) is 30.9. The number of fused-ring (bicyclic) bond motifs is 1. The summed E-state index contributed by atoms with van der Waals surface area (Å²) in [5.74, 6) is -0.467. The van der Waals surface area contributed by atoms with Crippen molar-refractivity contribution in [1.29, 1.82) is 0 Å². The molecule has 0 unspecified atom stereocenters. The number of rotatable bonds is 6. The van der Waals surface area contributed by atoms with Gasteiger partial charge in [-0.2, -0.15) is 0 Å². The number of hydrogen-bond acceptors (Lipinski definition) is 6. The smallest absolute Gasteiger partial charge is 0.265 e. The molecule has 1 heterocycles. The molecule has 3 aromatic carbocycles. The Labute approximate surface area is 212 Å². The molecule has 35 heavy (non-hydrogen) atoms. The van der Waals surface area contributed by atoms with E-state index < -0.39 is 15.9 Å². The molecule has 0 fully saturated rings. The first-order chi connectivity index (χ1) is 16.6. The molecule has 0 aliphatic carbocycles. The van der Waals surface area contributed by atoms with Gasteiger partial charge in [0.15, 0.2) is 5.75 Å². The number of carbonyl (C=O) groups is 2. The highest BCUT2D eigenvalue weighted by Gasteiger charge is 2.23. The number of benzene rings is 3. The van der Waals surface area contributed by atoms with Crippen LogP contribution in [-0.2, 0) is 21.2 Å². The van der Waals surface area contributed by atoms with Gasteiger partial charge in [-0.3, -0.25) is 9.59 Å². The molecule has 180 valence electrons. The molecule has 4 rings (SSSR count). The van der Waals surface area contributed by atoms with Gasteiger partial charge in [-0.15, -0.1) is 0 Å². The van der Waals surface area contributed by atoms with E-state index in [1.807, 2.05) is 22.9 Å². The normalized spacial score (nSPS) is 13.1. The second-order valence-electron chi connectivity index (χ2n) is 7.67. The third kappa shape index (κ3) is 5.64. The Hall–Kier alpha value is -3.40. The van der Waals surface area contributed by atoms with Gasteiger partial charge in [0.25, 0.3) is 15.9 Å². The van der Waals surface area contributed by atoms with Crippen molar-refractivity contribution in [2.75, 3.05) is 11.4 Å². The van der Waals surface area contributed by atoms with Gasteiger partial charge in [0.05, 0.1) is 11.2 Å². The average molecular weight is 532 g/mol. The fourth-order valence-electron chi connectivity index (χ4n) is 3.57. The van der Waals surface area contributed by atoms with E-state index in [1.165, 1.54) is 42.5 Å². The van der Waals surface area contributed by atoms with Crippen molar-refractivity contribution >= 4 is 56.9 Å². The number of hydrogen-bond donors (Lipinski definition) is 1. The summed E-state index contributed by atoms with van der Waals surface area (Å²) in [6.07, 6.45) is 2.32. The van der Waals surface area contributed by atoms with Gasteiger partial charge in [0, 0.05) is 29.7 Å². The number of nitrogens with one attached hydrogen (secondary N) is 1. The van der Waals surface area contributed by atoms with Crippen molar-refractivity contribution < 1.29 is 22.8 Å². The number of nitrogens with zero attached hydrogens (tertiary/aromatic N) is 2. The van der Waals surface area contributed by atoms with E-state index >= 15 is 0 Å². The SMILES string of the molecule is CC(=O)N1CCc2cc(/C=N/Oc3ccc(C(=O)NS(=O)(=O)c4ccc(Cl)cc4Cl)cc3)ccc21. The second kappa shape index (κ2) is 10.1. The number of halogens is 2. The highest BCUT2D eigenvalue weighted by Crippen LogP contribution is 2.28. The van der Waals surface area contributed by atoms with Crippen LogP contribution in [0.4, 0.5) is 5.69 Å². The van der Waals surface area contributed by atoms with Crippen molar-refractivity contribution in [3.8, 4) is 5.75 Å². The van der Waals surface area contributed by atoms with E-state index in [9.17, 15) is 18.0 Å². The summed E-state index contributed by atoms with van der Waals surface area (Å²) in [5, 5.41) is 4.13. The molecule has 0 bridgehead atoms. The van der Waals surface area contributed by atoms with Gasteiger partial charge in [-0.1, -0.05) is 34.4 Å². The molecule has 0 aromatic heterocycles. The van der Waals surface area contributed by atoms with Crippen LogP contribution < -0.4 is 14.5 Å². The van der Waals surface area contributed by atoms with Gasteiger partial charge in [-0.05, 0) is 72.1 Å². The molecule has 8 nitrogen and oxygen atoms in total. The van der Waals surface area contributed by atoms with Crippen molar-refractivity contribution in [3.63, 3.8) is 0 Å². The van der Waals surface area contributed by atoms with E-state index in [0.717, 1.165) is 23.2 Å². The summed E-state index contributed by atoms with van der Waals surface area (Å²) in [6.45, 7) is 2.21. The van der Waals surface area contributed by atoms with E-state index in [4.69, 9.17) is 28.0 Å². The molecule has 2 amide bonds. The Morgan fingerprint density at radius 2 is 1.80 bits per heavy atom. The minimum atomic E-state index is -4.19. The zero-order chi connectivity index (χ0) is 25.2. The Kier molecular flexibility index (Phi) is 7.11. The number of amides is 2. The fourth-order valence-corrected chi connectivity index (χ4v) is 5.32. The molecule has 1 aliphatic rings. The molecule has 1 aliphatic heterocycles. The molecule has 0 saturated carbocycles. The van der Waals surface area contributed by atoms with Crippen LogP contribution in [0.2, 0.25) is 10.0 Å². The molecule has 0 saturated heterocycles. The average Bonchev–Trinajstić information content (AvgIpc) is 3.22. The maximum Gasteiger partial charge on any atom is 0.265 e. The minimum absolute atomic E-state index is 0.0111. The van der Waals surface area contributed by atoms with Crippen molar-refractivity contribution in [3.05, 3.63) is 87.4 Å². The summed E-state index contributed by atoms with van der Waals surface area (Å²) >= 11 is 11.7. The van der Waals surface area contributed by atoms with Crippen molar-refractivity contribution in [2.24, 2.45) is 5.16 Å². The van der Waals surface area contributed by atoms with E-state index in [-0.39, 0.29) is 26.4 Å². The zero-order valence-electron chi connectivity index (χ0n) is 18.4. The molecule has 0 atom stereocenters. The summed E-state index contributed by atoms with van der Waals surface area (Å²) in [6, 6.07) is 15.3. The topological polar surface area (TPSA) is 105 Å². The number of oxime groups is 1. The largest absolute Gasteiger partial charge is 0.357 e. The Morgan fingerprint density at radius 1 is 1.06 bits per heavy atom. The first kappa shape index (κ1) is 24.7. The van der Waals surface area contributed by atoms with Crippen LogP contribution >= 0.6 is 23.2 Å². The van der Waals surface area contributed by atoms with E-state index in [0.29, 0.717) is 12.3 Å². The number of sulfonamides is 1. The lowest BCUT2D eigenvalue weighted by Crippen LogP contribution is -2.30. The minimum Gasteiger partial charge on any atom is -0.357 e. The van der Waals surface area contributed by atoms with E-state index in [2.05, 4.69) is 5.16 Å².